The van der Waals surface area contributed by atoms with Gasteiger partial charge in [-0.25, -0.2) is 8.78 Å². The molecule has 1 aromatic heterocycles. The lowest BCUT2D eigenvalue weighted by atomic mass is 9.89. The monoisotopic (exact) mass is 449 g/mol. The van der Waals surface area contributed by atoms with Crippen LogP contribution in [0, 0.1) is 11.6 Å². The molecular formula is C27H25F2NOS. The molecule has 164 valence electrons. The van der Waals surface area contributed by atoms with Gasteiger partial charge >= 0.3 is 0 Å². The van der Waals surface area contributed by atoms with E-state index in [4.69, 9.17) is 4.74 Å². The number of thiophene rings is 1. The minimum Gasteiger partial charge on any atom is -0.376 e. The average molecular weight is 450 g/mol. The maximum Gasteiger partial charge on any atom is 0.177 e. The van der Waals surface area contributed by atoms with Gasteiger partial charge in [-0.2, -0.15) is 0 Å². The Hall–Kier alpha value is -2.34. The average Bonchev–Trinajstić information content (AvgIpc) is 3.71. The lowest BCUT2D eigenvalue weighted by molar-refractivity contribution is 0.136. The molecule has 32 heavy (non-hydrogen) atoms. The molecule has 5 heteroatoms. The molecule has 3 heterocycles. The Morgan fingerprint density at radius 3 is 2.44 bits per heavy atom. The van der Waals surface area contributed by atoms with Crippen LogP contribution in [0.2, 0.25) is 0 Å². The number of hydrogen-bond donors (Lipinski definition) is 0. The number of hydrogen-bond acceptors (Lipinski definition) is 3. The van der Waals surface area contributed by atoms with Crippen LogP contribution in [0.15, 0.2) is 48.6 Å². The molecular weight excluding hydrogens is 424 g/mol. The van der Waals surface area contributed by atoms with E-state index in [1.807, 2.05) is 19.1 Å². The van der Waals surface area contributed by atoms with Crippen molar-refractivity contribution in [1.29, 1.82) is 0 Å². The second-order valence-corrected chi connectivity index (χ2v) is 10.1. The Bertz CT molecular complexity index is 1250. The molecule has 3 unspecified atom stereocenters. The van der Waals surface area contributed by atoms with Crippen LogP contribution in [-0.2, 0) is 17.8 Å². The van der Waals surface area contributed by atoms with Crippen LogP contribution in [0.4, 0.5) is 8.78 Å². The van der Waals surface area contributed by atoms with Crippen LogP contribution in [0.3, 0.4) is 0 Å². The Labute approximate surface area is 190 Å². The van der Waals surface area contributed by atoms with Crippen molar-refractivity contribution in [1.82, 2.24) is 4.90 Å². The summed E-state index contributed by atoms with van der Waals surface area (Å²) in [5, 5.41) is 0.745. The number of halogens is 2. The summed E-state index contributed by atoms with van der Waals surface area (Å²) in [6.45, 7) is 4.24. The van der Waals surface area contributed by atoms with Crippen LogP contribution >= 0.6 is 11.3 Å². The molecule has 0 saturated carbocycles. The largest absolute Gasteiger partial charge is 0.376 e. The number of allylic oxidation sites excluding steroid dienone is 4. The third kappa shape index (κ3) is 3.62. The highest BCUT2D eigenvalue weighted by molar-refractivity contribution is 7.19. The van der Waals surface area contributed by atoms with Gasteiger partial charge in [0.2, 0.25) is 0 Å². The SMILES string of the molecule is CCOCc1cc2cc(C3=CC=C(c4ccc(CC5C6CN56)cc4)CC3)c(F)c(F)c2s1. The highest BCUT2D eigenvalue weighted by Gasteiger charge is 2.61. The zero-order valence-corrected chi connectivity index (χ0v) is 18.9. The maximum atomic E-state index is 14.9. The lowest BCUT2D eigenvalue weighted by Gasteiger charge is -2.17. The van der Waals surface area contributed by atoms with E-state index < -0.39 is 11.6 Å². The normalized spacial score (nSPS) is 23.7. The second kappa shape index (κ2) is 7.91. The summed E-state index contributed by atoms with van der Waals surface area (Å²) in [5.41, 5.74) is 5.08. The lowest BCUT2D eigenvalue weighted by Crippen LogP contribution is -2.08. The van der Waals surface area contributed by atoms with E-state index in [9.17, 15) is 8.78 Å². The van der Waals surface area contributed by atoms with E-state index in [2.05, 4.69) is 35.2 Å². The van der Waals surface area contributed by atoms with Crippen molar-refractivity contribution in [3.8, 4) is 0 Å². The van der Waals surface area contributed by atoms with Gasteiger partial charge in [0.25, 0.3) is 0 Å². The standard InChI is InChI=1S/C27H25F2NOS/c1-2-31-15-21-12-20-13-22(25(28)26(29)27(20)32-21)19-9-7-18(8-10-19)17-5-3-16(4-6-17)11-23-24-14-30(23)24/h3-7,9,12-13,23-24H,2,8,10-11,14-15H2,1H3. The molecule has 6 rings (SSSR count). The van der Waals surface area contributed by atoms with E-state index in [-0.39, 0.29) is 0 Å². The number of fused-ring (bicyclic) bond motifs is 2. The predicted octanol–water partition coefficient (Wildman–Crippen LogP) is 6.59. The zero-order valence-electron chi connectivity index (χ0n) is 18.0. The summed E-state index contributed by atoms with van der Waals surface area (Å²) >= 11 is 1.27. The number of rotatable bonds is 7. The molecule has 0 bridgehead atoms. The molecule has 3 aromatic rings. The minimum atomic E-state index is -0.749. The topological polar surface area (TPSA) is 12.2 Å². The van der Waals surface area contributed by atoms with Crippen molar-refractivity contribution in [2.45, 2.75) is 44.9 Å². The maximum absolute atomic E-state index is 14.9. The van der Waals surface area contributed by atoms with E-state index in [1.54, 1.807) is 6.07 Å². The van der Waals surface area contributed by atoms with E-state index in [1.165, 1.54) is 34.6 Å². The number of ether oxygens (including phenoxy) is 1. The van der Waals surface area contributed by atoms with Crippen molar-refractivity contribution in [3.05, 3.63) is 81.8 Å². The number of benzene rings is 2. The molecule has 2 fully saturated rings. The van der Waals surface area contributed by atoms with Gasteiger partial charge < -0.3 is 4.74 Å². The molecule has 3 aliphatic rings. The van der Waals surface area contributed by atoms with Crippen LogP contribution in [0.1, 0.15) is 41.3 Å². The van der Waals surface area contributed by atoms with Gasteiger partial charge in [0.1, 0.15) is 0 Å². The van der Waals surface area contributed by atoms with Crippen molar-refractivity contribution in [3.63, 3.8) is 0 Å². The Balaban J connectivity index is 1.23. The van der Waals surface area contributed by atoms with E-state index in [0.717, 1.165) is 40.8 Å². The summed E-state index contributed by atoms with van der Waals surface area (Å²) in [5.74, 6) is -1.50. The number of nitrogens with zero attached hydrogens (tertiary/aromatic N) is 1. The van der Waals surface area contributed by atoms with Crippen LogP contribution in [0.25, 0.3) is 21.2 Å². The highest BCUT2D eigenvalue weighted by Crippen LogP contribution is 2.45. The third-order valence-corrected chi connectivity index (χ3v) is 8.04. The van der Waals surface area contributed by atoms with Gasteiger partial charge in [0.15, 0.2) is 11.6 Å². The van der Waals surface area contributed by atoms with Crippen LogP contribution in [0.5, 0.6) is 0 Å². The zero-order chi connectivity index (χ0) is 21.8. The van der Waals surface area contributed by atoms with Gasteiger partial charge in [-0.15, -0.1) is 11.3 Å². The highest BCUT2D eigenvalue weighted by atomic mass is 32.1. The summed E-state index contributed by atoms with van der Waals surface area (Å²) < 4.78 is 35.5. The summed E-state index contributed by atoms with van der Waals surface area (Å²) in [4.78, 5) is 3.43. The third-order valence-electron chi connectivity index (χ3n) is 6.92. The van der Waals surface area contributed by atoms with Gasteiger partial charge in [-0.3, -0.25) is 4.90 Å². The first kappa shape index (κ1) is 20.3. The minimum absolute atomic E-state index is 0.369. The van der Waals surface area contributed by atoms with Crippen molar-refractivity contribution in [2.24, 2.45) is 0 Å². The van der Waals surface area contributed by atoms with Crippen molar-refractivity contribution >= 4 is 32.6 Å². The fourth-order valence-electron chi connectivity index (χ4n) is 4.81. The predicted molar refractivity (Wildman–Crippen MR) is 127 cm³/mol. The van der Waals surface area contributed by atoms with Gasteiger partial charge in [0, 0.05) is 35.7 Å². The summed E-state index contributed by atoms with van der Waals surface area (Å²) in [6.07, 6.45) is 6.68. The Morgan fingerprint density at radius 2 is 1.78 bits per heavy atom. The quantitative estimate of drug-likeness (QED) is 0.378. The Morgan fingerprint density at radius 1 is 1.03 bits per heavy atom. The molecule has 2 aromatic carbocycles. The van der Waals surface area contributed by atoms with Gasteiger partial charge in [0.05, 0.1) is 11.3 Å². The molecule has 2 saturated heterocycles. The summed E-state index contributed by atoms with van der Waals surface area (Å²) in [7, 11) is 0. The summed E-state index contributed by atoms with van der Waals surface area (Å²) in [6, 6.07) is 14.2. The van der Waals surface area contributed by atoms with Gasteiger partial charge in [-0.1, -0.05) is 36.4 Å². The first-order valence-corrected chi connectivity index (χ1v) is 12.2. The van der Waals surface area contributed by atoms with E-state index >= 15 is 0 Å². The smallest absolute Gasteiger partial charge is 0.177 e. The van der Waals surface area contributed by atoms with Crippen molar-refractivity contribution in [2.75, 3.05) is 13.2 Å². The molecule has 3 atom stereocenters. The fourth-order valence-corrected chi connectivity index (χ4v) is 5.82. The molecule has 0 spiro atoms. The first-order chi connectivity index (χ1) is 15.6. The molecule has 2 aliphatic heterocycles. The fraction of sp³-hybridized carbons (Fsp3) is 0.333. The first-order valence-electron chi connectivity index (χ1n) is 11.4. The molecule has 1 aliphatic carbocycles. The second-order valence-electron chi connectivity index (χ2n) is 8.94. The molecule has 0 N–H and O–H groups in total. The molecule has 2 nitrogen and oxygen atoms in total. The molecule has 0 radical (unpaired) electrons. The van der Waals surface area contributed by atoms with Crippen LogP contribution in [-0.4, -0.2) is 30.1 Å². The van der Waals surface area contributed by atoms with E-state index in [0.29, 0.717) is 29.9 Å². The Kier molecular flexibility index (Phi) is 5.01. The van der Waals surface area contributed by atoms with Crippen LogP contribution < -0.4 is 0 Å². The van der Waals surface area contributed by atoms with Crippen molar-refractivity contribution < 1.29 is 13.5 Å². The van der Waals surface area contributed by atoms with Gasteiger partial charge in [-0.05, 0) is 66.0 Å². The molecule has 0 amide bonds.